The van der Waals surface area contributed by atoms with Crippen molar-refractivity contribution in [3.05, 3.63) is 64.5 Å². The van der Waals surface area contributed by atoms with Gasteiger partial charge in [-0.2, -0.15) is 0 Å². The Morgan fingerprint density at radius 3 is 2.71 bits per heavy atom. The van der Waals surface area contributed by atoms with Crippen LogP contribution >= 0.6 is 0 Å². The second-order valence-corrected chi connectivity index (χ2v) is 5.83. The van der Waals surface area contributed by atoms with Crippen LogP contribution in [0.4, 0.5) is 4.39 Å². The lowest BCUT2D eigenvalue weighted by Crippen LogP contribution is -2.42. The lowest BCUT2D eigenvalue weighted by atomic mass is 9.72. The number of rotatable bonds is 2. The molecule has 2 aromatic rings. The molecule has 0 heterocycles. The van der Waals surface area contributed by atoms with Crippen LogP contribution in [0.3, 0.4) is 0 Å². The summed E-state index contributed by atoms with van der Waals surface area (Å²) in [4.78, 5) is 0. The number of halogens is 1. The van der Waals surface area contributed by atoms with Gasteiger partial charge in [0.1, 0.15) is 11.6 Å². The van der Waals surface area contributed by atoms with Gasteiger partial charge in [-0.05, 0) is 55.5 Å². The molecule has 1 aliphatic rings. The van der Waals surface area contributed by atoms with Gasteiger partial charge in [-0.3, -0.25) is 0 Å². The van der Waals surface area contributed by atoms with Gasteiger partial charge in [0.05, 0.1) is 12.6 Å². The third kappa shape index (κ3) is 2.32. The Morgan fingerprint density at radius 1 is 1.14 bits per heavy atom. The van der Waals surface area contributed by atoms with Crippen molar-refractivity contribution in [1.29, 1.82) is 0 Å². The third-order valence-electron chi connectivity index (χ3n) is 4.42. The first-order valence-corrected chi connectivity index (χ1v) is 7.27. The molecule has 1 aliphatic carbocycles. The number of nitrogens with two attached hydrogens (primary N) is 1. The van der Waals surface area contributed by atoms with Gasteiger partial charge in [-0.15, -0.1) is 0 Å². The van der Waals surface area contributed by atoms with E-state index in [1.54, 1.807) is 13.2 Å². The number of hydrogen-bond acceptors (Lipinski definition) is 2. The summed E-state index contributed by atoms with van der Waals surface area (Å²) in [5.74, 6) is 0.525. The first-order chi connectivity index (χ1) is 10.0. The van der Waals surface area contributed by atoms with Crippen molar-refractivity contribution in [1.82, 2.24) is 0 Å². The summed E-state index contributed by atoms with van der Waals surface area (Å²) >= 11 is 0. The fourth-order valence-electron chi connectivity index (χ4n) is 3.27. The molecule has 0 radical (unpaired) electrons. The Labute approximate surface area is 124 Å². The van der Waals surface area contributed by atoms with Crippen molar-refractivity contribution in [2.24, 2.45) is 5.73 Å². The molecule has 1 unspecified atom stereocenters. The van der Waals surface area contributed by atoms with E-state index in [1.165, 1.54) is 11.6 Å². The molecule has 2 aromatic carbocycles. The minimum atomic E-state index is -0.780. The van der Waals surface area contributed by atoms with Crippen molar-refractivity contribution < 1.29 is 9.13 Å². The van der Waals surface area contributed by atoms with Crippen molar-refractivity contribution >= 4 is 0 Å². The van der Waals surface area contributed by atoms with Gasteiger partial charge in [0, 0.05) is 5.56 Å². The summed E-state index contributed by atoms with van der Waals surface area (Å²) in [5, 5.41) is 0. The number of hydrogen-bond donors (Lipinski definition) is 1. The summed E-state index contributed by atoms with van der Waals surface area (Å²) < 4.78 is 19.7. The van der Waals surface area contributed by atoms with E-state index in [0.29, 0.717) is 5.56 Å². The van der Waals surface area contributed by atoms with Gasteiger partial charge >= 0.3 is 0 Å². The van der Waals surface area contributed by atoms with Crippen LogP contribution in [0.1, 0.15) is 35.1 Å². The Kier molecular flexibility index (Phi) is 3.46. The smallest absolute Gasteiger partial charge is 0.128 e. The van der Waals surface area contributed by atoms with E-state index in [1.807, 2.05) is 31.2 Å². The summed E-state index contributed by atoms with van der Waals surface area (Å²) in [5.41, 5.74) is 9.68. The van der Waals surface area contributed by atoms with Gasteiger partial charge in [0.25, 0.3) is 0 Å². The molecule has 0 aromatic heterocycles. The lowest BCUT2D eigenvalue weighted by molar-refractivity contribution is 0.399. The molecule has 2 nitrogen and oxygen atoms in total. The van der Waals surface area contributed by atoms with E-state index in [4.69, 9.17) is 10.5 Å². The molecule has 21 heavy (non-hydrogen) atoms. The van der Waals surface area contributed by atoms with Crippen LogP contribution in [0.5, 0.6) is 5.75 Å². The zero-order valence-electron chi connectivity index (χ0n) is 12.4. The van der Waals surface area contributed by atoms with Gasteiger partial charge < -0.3 is 10.5 Å². The van der Waals surface area contributed by atoms with Crippen LogP contribution in [0.2, 0.25) is 0 Å². The molecule has 0 spiro atoms. The molecule has 0 aliphatic heterocycles. The first kappa shape index (κ1) is 14.1. The number of ether oxygens (including phenoxy) is 1. The van der Waals surface area contributed by atoms with Crippen LogP contribution in [0, 0.1) is 12.7 Å². The molecule has 1 atom stereocenters. The molecule has 0 saturated heterocycles. The summed E-state index contributed by atoms with van der Waals surface area (Å²) in [6, 6.07) is 11.1. The first-order valence-electron chi connectivity index (χ1n) is 7.27. The van der Waals surface area contributed by atoms with E-state index >= 15 is 0 Å². The zero-order chi connectivity index (χ0) is 15.0. The van der Waals surface area contributed by atoms with E-state index in [0.717, 1.165) is 36.1 Å². The zero-order valence-corrected chi connectivity index (χ0v) is 12.4. The third-order valence-corrected chi connectivity index (χ3v) is 4.42. The standard InChI is InChI=1S/C18H20FNO/c1-12-5-8-17(19)16(10-12)18(20)9-3-4-13-6-7-14(21-2)11-15(13)18/h5-8,10-11H,3-4,9,20H2,1-2H3. The highest BCUT2D eigenvalue weighted by molar-refractivity contribution is 5.48. The van der Waals surface area contributed by atoms with Crippen molar-refractivity contribution in [2.75, 3.05) is 7.11 Å². The highest BCUT2D eigenvalue weighted by atomic mass is 19.1. The molecule has 3 rings (SSSR count). The van der Waals surface area contributed by atoms with Crippen molar-refractivity contribution in [3.8, 4) is 5.75 Å². The predicted molar refractivity (Wildman–Crippen MR) is 82.0 cm³/mol. The Hall–Kier alpha value is -1.87. The molecule has 0 saturated carbocycles. The molecule has 3 heteroatoms. The molecule has 0 fully saturated rings. The highest BCUT2D eigenvalue weighted by Gasteiger charge is 2.36. The minimum Gasteiger partial charge on any atom is -0.497 e. The highest BCUT2D eigenvalue weighted by Crippen LogP contribution is 2.41. The van der Waals surface area contributed by atoms with Crippen LogP contribution in [0.15, 0.2) is 36.4 Å². The second kappa shape index (κ2) is 5.15. The summed E-state index contributed by atoms with van der Waals surface area (Å²) in [6.07, 6.45) is 2.68. The maximum absolute atomic E-state index is 14.4. The maximum atomic E-state index is 14.4. The van der Waals surface area contributed by atoms with Crippen LogP contribution in [-0.4, -0.2) is 7.11 Å². The summed E-state index contributed by atoms with van der Waals surface area (Å²) in [7, 11) is 1.63. The molecular formula is C18H20FNO. The average Bonchev–Trinajstić information content (AvgIpc) is 2.50. The maximum Gasteiger partial charge on any atom is 0.128 e. The van der Waals surface area contributed by atoms with Gasteiger partial charge in [-0.1, -0.05) is 23.8 Å². The minimum absolute atomic E-state index is 0.237. The molecule has 2 N–H and O–H groups in total. The predicted octanol–water partition coefficient (Wildman–Crippen LogP) is 3.68. The topological polar surface area (TPSA) is 35.2 Å². The summed E-state index contributed by atoms with van der Waals surface area (Å²) in [6.45, 7) is 1.96. The lowest BCUT2D eigenvalue weighted by Gasteiger charge is -2.37. The molecular weight excluding hydrogens is 265 g/mol. The monoisotopic (exact) mass is 285 g/mol. The number of fused-ring (bicyclic) bond motifs is 1. The fraction of sp³-hybridized carbons (Fsp3) is 0.333. The van der Waals surface area contributed by atoms with Gasteiger partial charge in [-0.25, -0.2) is 4.39 Å². The largest absolute Gasteiger partial charge is 0.497 e. The van der Waals surface area contributed by atoms with Crippen LogP contribution in [0.25, 0.3) is 0 Å². The Balaban J connectivity index is 2.21. The Bertz CT molecular complexity index is 683. The van der Waals surface area contributed by atoms with E-state index < -0.39 is 5.54 Å². The molecule has 0 bridgehead atoms. The SMILES string of the molecule is COc1ccc2c(c1)C(N)(c1cc(C)ccc1F)CCC2. The quantitative estimate of drug-likeness (QED) is 0.913. The van der Waals surface area contributed by atoms with Crippen molar-refractivity contribution in [3.63, 3.8) is 0 Å². The van der Waals surface area contributed by atoms with Crippen LogP contribution < -0.4 is 10.5 Å². The van der Waals surface area contributed by atoms with Crippen LogP contribution in [-0.2, 0) is 12.0 Å². The molecule has 110 valence electrons. The van der Waals surface area contributed by atoms with E-state index in [-0.39, 0.29) is 5.82 Å². The number of benzene rings is 2. The number of aryl methyl sites for hydroxylation is 2. The average molecular weight is 285 g/mol. The normalized spacial score (nSPS) is 21.0. The van der Waals surface area contributed by atoms with Gasteiger partial charge in [0.2, 0.25) is 0 Å². The second-order valence-electron chi connectivity index (χ2n) is 5.83. The van der Waals surface area contributed by atoms with Crippen molar-refractivity contribution in [2.45, 2.75) is 31.7 Å². The number of methoxy groups -OCH3 is 1. The van der Waals surface area contributed by atoms with E-state index in [9.17, 15) is 4.39 Å². The van der Waals surface area contributed by atoms with Gasteiger partial charge in [0.15, 0.2) is 0 Å². The van der Waals surface area contributed by atoms with E-state index in [2.05, 4.69) is 0 Å². The fourth-order valence-corrected chi connectivity index (χ4v) is 3.27. The molecule has 0 amide bonds. The Morgan fingerprint density at radius 2 is 1.95 bits per heavy atom.